The van der Waals surface area contributed by atoms with Crippen LogP contribution in [0.2, 0.25) is 0 Å². The molecule has 0 saturated carbocycles. The van der Waals surface area contributed by atoms with Crippen LogP contribution < -0.4 is 0 Å². The molecule has 0 bridgehead atoms. The van der Waals surface area contributed by atoms with Crippen molar-refractivity contribution in [2.24, 2.45) is 0 Å². The Kier molecular flexibility index (Phi) is 6.59. The summed E-state index contributed by atoms with van der Waals surface area (Å²) < 4.78 is 123. The van der Waals surface area contributed by atoms with E-state index in [1.807, 2.05) is 0 Å². The maximum atomic E-state index is 13.2. The van der Waals surface area contributed by atoms with Crippen molar-refractivity contribution in [1.82, 2.24) is 4.90 Å². The molecule has 1 rings (SSSR count). The van der Waals surface area contributed by atoms with Crippen molar-refractivity contribution in [1.29, 1.82) is 0 Å². The Balaban J connectivity index is 2.61. The Bertz CT molecular complexity index is 461. The molecule has 0 N–H and O–H groups in total. The number of hydrogen-bond acceptors (Lipinski definition) is 4. The third kappa shape index (κ3) is 4.90. The average Bonchev–Trinajstić information content (AvgIpc) is 2.46. The molecule has 0 aromatic carbocycles. The van der Waals surface area contributed by atoms with Gasteiger partial charge in [0.15, 0.2) is 0 Å². The predicted molar refractivity (Wildman–Crippen MR) is 63.7 cm³/mol. The smallest absolute Gasteiger partial charge is 0.460 e. The second kappa shape index (κ2) is 7.56. The summed E-state index contributed by atoms with van der Waals surface area (Å²) in [4.78, 5) is 12.8. The van der Waals surface area contributed by atoms with Gasteiger partial charge in [-0.25, -0.2) is 0 Å². The van der Waals surface area contributed by atoms with Crippen LogP contribution in [0, 0.1) is 0 Å². The van der Waals surface area contributed by atoms with Crippen LogP contribution in [-0.2, 0) is 14.3 Å². The quantitative estimate of drug-likeness (QED) is 0.494. The summed E-state index contributed by atoms with van der Waals surface area (Å²) in [5, 5.41) is 0. The van der Waals surface area contributed by atoms with Gasteiger partial charge in [0.05, 0.1) is 13.2 Å². The molecular formula is C12H14F9NO3. The minimum absolute atomic E-state index is 0.0375. The van der Waals surface area contributed by atoms with Crippen molar-refractivity contribution >= 4 is 5.97 Å². The zero-order valence-electron chi connectivity index (χ0n) is 12.5. The Hall–Kier alpha value is -1.24. The average molecular weight is 391 g/mol. The van der Waals surface area contributed by atoms with Crippen LogP contribution in [0.1, 0.15) is 6.42 Å². The summed E-state index contributed by atoms with van der Waals surface area (Å²) in [5.41, 5.74) is 0. The molecule has 0 aromatic heterocycles. The van der Waals surface area contributed by atoms with Crippen molar-refractivity contribution in [2.45, 2.75) is 30.4 Å². The molecule has 1 aliphatic rings. The monoisotopic (exact) mass is 391 g/mol. The molecule has 0 radical (unpaired) electrons. The minimum atomic E-state index is -7.02. The van der Waals surface area contributed by atoms with Crippen LogP contribution in [0.15, 0.2) is 0 Å². The van der Waals surface area contributed by atoms with E-state index in [0.29, 0.717) is 26.3 Å². The van der Waals surface area contributed by atoms with Crippen LogP contribution in [0.25, 0.3) is 0 Å². The highest BCUT2D eigenvalue weighted by Crippen LogP contribution is 2.54. The highest BCUT2D eigenvalue weighted by molar-refractivity contribution is 5.70. The van der Waals surface area contributed by atoms with Crippen molar-refractivity contribution < 1.29 is 53.8 Å². The summed E-state index contributed by atoms with van der Waals surface area (Å²) in [5.74, 6) is -21.8. The number of halogens is 9. The number of rotatable bonds is 7. The summed E-state index contributed by atoms with van der Waals surface area (Å²) >= 11 is 0. The summed E-state index contributed by atoms with van der Waals surface area (Å²) in [6.07, 6.45) is -9.53. The van der Waals surface area contributed by atoms with Crippen molar-refractivity contribution in [3.8, 4) is 0 Å². The van der Waals surface area contributed by atoms with Crippen LogP contribution >= 0.6 is 0 Å². The molecule has 13 heteroatoms. The molecule has 0 amide bonds. The van der Waals surface area contributed by atoms with Gasteiger partial charge in [-0.2, -0.15) is 39.5 Å². The number of ether oxygens (including phenoxy) is 2. The Morgan fingerprint density at radius 1 is 0.920 bits per heavy atom. The predicted octanol–water partition coefficient (Wildman–Crippen LogP) is 2.72. The van der Waals surface area contributed by atoms with E-state index in [-0.39, 0.29) is 6.54 Å². The first kappa shape index (κ1) is 21.8. The molecular weight excluding hydrogens is 377 g/mol. The van der Waals surface area contributed by atoms with Gasteiger partial charge in [0.2, 0.25) is 0 Å². The zero-order chi connectivity index (χ0) is 19.5. The topological polar surface area (TPSA) is 38.8 Å². The number of carbonyl (C=O) groups excluding carboxylic acids is 1. The van der Waals surface area contributed by atoms with Gasteiger partial charge in [-0.3, -0.25) is 9.69 Å². The van der Waals surface area contributed by atoms with Gasteiger partial charge in [0.25, 0.3) is 0 Å². The van der Waals surface area contributed by atoms with Crippen molar-refractivity contribution in [3.63, 3.8) is 0 Å². The highest BCUT2D eigenvalue weighted by Gasteiger charge is 2.81. The Morgan fingerprint density at radius 2 is 1.44 bits per heavy atom. The van der Waals surface area contributed by atoms with Crippen molar-refractivity contribution in [3.05, 3.63) is 0 Å². The standard InChI is InChI=1S/C12H14F9NO3/c13-9(14,10(15,16)11(17,18)12(19,20)21)7-8(23)25-6-3-22-1-4-24-5-2-22/h1-7H2. The molecule has 0 aromatic rings. The lowest BCUT2D eigenvalue weighted by Gasteiger charge is -2.33. The molecule has 0 aliphatic carbocycles. The first-order valence-corrected chi connectivity index (χ1v) is 6.88. The first-order valence-electron chi connectivity index (χ1n) is 6.88. The number of carbonyl (C=O) groups is 1. The molecule has 1 fully saturated rings. The number of morpholine rings is 1. The van der Waals surface area contributed by atoms with E-state index in [4.69, 9.17) is 4.74 Å². The third-order valence-electron chi connectivity index (χ3n) is 3.35. The summed E-state index contributed by atoms with van der Waals surface area (Å²) in [7, 11) is 0. The molecule has 1 heterocycles. The van der Waals surface area contributed by atoms with Gasteiger partial charge in [0, 0.05) is 19.6 Å². The molecule has 148 valence electrons. The fraction of sp³-hybridized carbons (Fsp3) is 0.917. The number of nitrogens with zero attached hydrogens (tertiary/aromatic N) is 1. The van der Waals surface area contributed by atoms with Crippen LogP contribution in [0.4, 0.5) is 39.5 Å². The van der Waals surface area contributed by atoms with Gasteiger partial charge in [-0.05, 0) is 0 Å². The van der Waals surface area contributed by atoms with E-state index in [9.17, 15) is 44.3 Å². The Labute approximate surface area is 135 Å². The van der Waals surface area contributed by atoms with Gasteiger partial charge in [0.1, 0.15) is 13.0 Å². The second-order valence-corrected chi connectivity index (χ2v) is 5.20. The maximum Gasteiger partial charge on any atom is 0.460 e. The fourth-order valence-electron chi connectivity index (χ4n) is 1.86. The van der Waals surface area contributed by atoms with E-state index in [2.05, 4.69) is 4.74 Å². The van der Waals surface area contributed by atoms with E-state index in [1.165, 1.54) is 0 Å². The lowest BCUT2D eigenvalue weighted by Crippen LogP contribution is -2.61. The van der Waals surface area contributed by atoms with Crippen LogP contribution in [0.5, 0.6) is 0 Å². The van der Waals surface area contributed by atoms with E-state index in [1.54, 1.807) is 4.90 Å². The lowest BCUT2D eigenvalue weighted by molar-refractivity contribution is -0.395. The van der Waals surface area contributed by atoms with E-state index >= 15 is 0 Å². The molecule has 1 aliphatic heterocycles. The SMILES string of the molecule is O=C(CC(F)(F)C(F)(F)C(F)(F)C(F)(F)F)OCCN1CCOCC1. The Morgan fingerprint density at radius 3 is 1.92 bits per heavy atom. The van der Waals surface area contributed by atoms with Gasteiger partial charge in [-0.1, -0.05) is 0 Å². The third-order valence-corrected chi connectivity index (χ3v) is 3.35. The van der Waals surface area contributed by atoms with E-state index in [0.717, 1.165) is 0 Å². The molecule has 25 heavy (non-hydrogen) atoms. The second-order valence-electron chi connectivity index (χ2n) is 5.20. The normalized spacial score (nSPS) is 18.3. The number of esters is 1. The van der Waals surface area contributed by atoms with Crippen molar-refractivity contribution in [2.75, 3.05) is 39.5 Å². The summed E-state index contributed by atoms with van der Waals surface area (Å²) in [6.45, 7) is 1.12. The highest BCUT2D eigenvalue weighted by atomic mass is 19.4. The molecule has 4 nitrogen and oxygen atoms in total. The molecule has 0 spiro atoms. The van der Waals surface area contributed by atoms with E-state index < -0.39 is 42.9 Å². The van der Waals surface area contributed by atoms with Gasteiger partial charge in [-0.15, -0.1) is 0 Å². The zero-order valence-corrected chi connectivity index (χ0v) is 12.5. The van der Waals surface area contributed by atoms with Crippen LogP contribution in [-0.4, -0.2) is 74.3 Å². The van der Waals surface area contributed by atoms with Crippen LogP contribution in [0.3, 0.4) is 0 Å². The largest absolute Gasteiger partial charge is 0.464 e. The maximum absolute atomic E-state index is 13.2. The number of hydrogen-bond donors (Lipinski definition) is 0. The van der Waals surface area contributed by atoms with Gasteiger partial charge >= 0.3 is 29.9 Å². The molecule has 0 atom stereocenters. The lowest BCUT2D eigenvalue weighted by atomic mass is 10.0. The summed E-state index contributed by atoms with van der Waals surface area (Å²) in [6, 6.07) is 0. The molecule has 0 unspecified atom stereocenters. The number of alkyl halides is 9. The fourth-order valence-corrected chi connectivity index (χ4v) is 1.86. The minimum Gasteiger partial charge on any atom is -0.464 e. The molecule has 1 saturated heterocycles. The van der Waals surface area contributed by atoms with Gasteiger partial charge < -0.3 is 9.47 Å². The first-order chi connectivity index (χ1) is 11.2.